The molecule has 5 rings (SSSR count). The van der Waals surface area contributed by atoms with Crippen LogP contribution in [0.1, 0.15) is 30.1 Å². The molecule has 0 amide bonds. The number of oxazole rings is 1. The molecule has 150 valence electrons. The van der Waals surface area contributed by atoms with E-state index in [0.29, 0.717) is 45.7 Å². The maximum Gasteiger partial charge on any atom is 0.246 e. The van der Waals surface area contributed by atoms with Crippen LogP contribution in [-0.4, -0.2) is 22.4 Å². The van der Waals surface area contributed by atoms with Crippen molar-refractivity contribution >= 4 is 16.9 Å². The van der Waals surface area contributed by atoms with E-state index in [2.05, 4.69) is 9.97 Å². The zero-order chi connectivity index (χ0) is 20.5. The molecule has 0 unspecified atom stereocenters. The van der Waals surface area contributed by atoms with Gasteiger partial charge in [-0.2, -0.15) is 0 Å². The molecule has 1 fully saturated rings. The largest absolute Gasteiger partial charge is 0.493 e. The summed E-state index contributed by atoms with van der Waals surface area (Å²) < 4.78 is 17.5. The van der Waals surface area contributed by atoms with E-state index in [4.69, 9.17) is 13.9 Å². The molecule has 0 radical (unpaired) electrons. The van der Waals surface area contributed by atoms with Gasteiger partial charge in [-0.3, -0.25) is 4.79 Å². The molecule has 2 aromatic heterocycles. The first kappa shape index (κ1) is 18.4. The van der Waals surface area contributed by atoms with Crippen molar-refractivity contribution in [1.29, 1.82) is 0 Å². The minimum absolute atomic E-state index is 0.0171. The fraction of sp³-hybridized carbons (Fsp3) is 0.208. The fourth-order valence-corrected chi connectivity index (χ4v) is 3.08. The Morgan fingerprint density at radius 1 is 1.07 bits per heavy atom. The highest BCUT2D eigenvalue weighted by atomic mass is 16.5. The van der Waals surface area contributed by atoms with Gasteiger partial charge in [0.1, 0.15) is 28.5 Å². The second kappa shape index (κ2) is 7.63. The second-order valence-corrected chi connectivity index (χ2v) is 7.47. The molecule has 0 aliphatic heterocycles. The summed E-state index contributed by atoms with van der Waals surface area (Å²) in [7, 11) is 0. The minimum Gasteiger partial charge on any atom is -0.493 e. The van der Waals surface area contributed by atoms with Crippen molar-refractivity contribution in [3.8, 4) is 28.8 Å². The maximum atomic E-state index is 11.5. The number of benzene rings is 2. The maximum absolute atomic E-state index is 11.5. The quantitative estimate of drug-likeness (QED) is 0.372. The van der Waals surface area contributed by atoms with Crippen LogP contribution in [0.3, 0.4) is 0 Å². The van der Waals surface area contributed by atoms with Crippen LogP contribution in [0.5, 0.6) is 17.2 Å². The fourth-order valence-electron chi connectivity index (χ4n) is 3.08. The Kier molecular flexibility index (Phi) is 4.67. The first-order valence-electron chi connectivity index (χ1n) is 9.93. The number of pyridine rings is 1. The molecular weight excluding hydrogens is 380 g/mol. The normalized spacial score (nSPS) is 13.4. The summed E-state index contributed by atoms with van der Waals surface area (Å²) in [6, 6.07) is 16.4. The molecule has 0 atom stereocenters. The monoisotopic (exact) mass is 400 g/mol. The van der Waals surface area contributed by atoms with Crippen LogP contribution in [0.15, 0.2) is 65.2 Å². The van der Waals surface area contributed by atoms with Crippen molar-refractivity contribution in [3.05, 3.63) is 66.4 Å². The Hall–Kier alpha value is -3.67. The summed E-state index contributed by atoms with van der Waals surface area (Å²) in [4.78, 5) is 20.4. The molecule has 2 aromatic carbocycles. The van der Waals surface area contributed by atoms with Crippen LogP contribution in [0.2, 0.25) is 0 Å². The van der Waals surface area contributed by atoms with Crippen LogP contribution in [0.4, 0.5) is 0 Å². The zero-order valence-electron chi connectivity index (χ0n) is 16.5. The summed E-state index contributed by atoms with van der Waals surface area (Å²) >= 11 is 0. The molecule has 6 nitrogen and oxygen atoms in total. The summed E-state index contributed by atoms with van der Waals surface area (Å²) in [5.41, 5.74) is 2.41. The third kappa shape index (κ3) is 4.03. The third-order valence-electron chi connectivity index (χ3n) is 4.97. The highest BCUT2D eigenvalue weighted by Crippen LogP contribution is 2.31. The van der Waals surface area contributed by atoms with Gasteiger partial charge in [-0.15, -0.1) is 0 Å². The van der Waals surface area contributed by atoms with Crippen LogP contribution in [-0.2, 0) is 0 Å². The number of rotatable bonds is 7. The Morgan fingerprint density at radius 3 is 2.70 bits per heavy atom. The average molecular weight is 400 g/mol. The number of nitrogens with zero attached hydrogens (tertiary/aromatic N) is 2. The number of fused-ring (bicyclic) bond motifs is 1. The highest BCUT2D eigenvalue weighted by Gasteiger charge is 2.21. The number of carbonyl (C=O) groups is 1. The van der Waals surface area contributed by atoms with Crippen LogP contribution < -0.4 is 9.47 Å². The van der Waals surface area contributed by atoms with E-state index >= 15 is 0 Å². The Balaban J connectivity index is 1.31. The molecule has 1 aliphatic rings. The van der Waals surface area contributed by atoms with Crippen molar-refractivity contribution < 1.29 is 18.7 Å². The van der Waals surface area contributed by atoms with E-state index in [1.807, 2.05) is 30.3 Å². The SMILES string of the molecule is CC(=O)c1ccc2nc(-c3ccc(Oc4cccc(OCC5CC5)c4)cn3)oc2c1. The molecule has 2 heterocycles. The number of ketones is 1. The molecule has 0 N–H and O–H groups in total. The molecule has 0 spiro atoms. The zero-order valence-corrected chi connectivity index (χ0v) is 16.5. The smallest absolute Gasteiger partial charge is 0.246 e. The Morgan fingerprint density at radius 2 is 1.93 bits per heavy atom. The highest BCUT2D eigenvalue weighted by molar-refractivity contribution is 5.97. The molecule has 0 bridgehead atoms. The molecular formula is C24H20N2O4. The van der Waals surface area contributed by atoms with Gasteiger partial charge >= 0.3 is 0 Å². The van der Waals surface area contributed by atoms with Crippen molar-refractivity contribution in [2.45, 2.75) is 19.8 Å². The number of Topliss-reactive ketones (excluding diaryl/α,β-unsaturated/α-hetero) is 1. The number of ether oxygens (including phenoxy) is 2. The topological polar surface area (TPSA) is 74.5 Å². The van der Waals surface area contributed by atoms with Gasteiger partial charge in [0.05, 0.1) is 12.8 Å². The predicted octanol–water partition coefficient (Wildman–Crippen LogP) is 5.67. The lowest BCUT2D eigenvalue weighted by Gasteiger charge is -2.09. The Bertz CT molecular complexity index is 1210. The van der Waals surface area contributed by atoms with Gasteiger partial charge in [0.15, 0.2) is 11.4 Å². The average Bonchev–Trinajstić information content (AvgIpc) is 3.49. The molecule has 0 saturated heterocycles. The molecule has 4 aromatic rings. The van der Waals surface area contributed by atoms with Gasteiger partial charge in [0, 0.05) is 11.6 Å². The van der Waals surface area contributed by atoms with Crippen LogP contribution in [0, 0.1) is 5.92 Å². The summed E-state index contributed by atoms with van der Waals surface area (Å²) in [6.07, 6.45) is 4.14. The van der Waals surface area contributed by atoms with Crippen molar-refractivity contribution in [2.24, 2.45) is 5.92 Å². The van der Waals surface area contributed by atoms with E-state index in [-0.39, 0.29) is 5.78 Å². The molecule has 1 aliphatic carbocycles. The number of carbonyl (C=O) groups excluding carboxylic acids is 1. The van der Waals surface area contributed by atoms with E-state index < -0.39 is 0 Å². The first-order chi connectivity index (χ1) is 14.6. The van der Waals surface area contributed by atoms with Gasteiger partial charge in [-0.05, 0) is 68.1 Å². The van der Waals surface area contributed by atoms with E-state index in [9.17, 15) is 4.79 Å². The lowest BCUT2D eigenvalue weighted by atomic mass is 10.1. The number of aromatic nitrogens is 2. The minimum atomic E-state index is -0.0171. The summed E-state index contributed by atoms with van der Waals surface area (Å²) in [5, 5.41) is 0. The van der Waals surface area contributed by atoms with Crippen LogP contribution >= 0.6 is 0 Å². The summed E-state index contributed by atoms with van der Waals surface area (Å²) in [6.45, 7) is 2.28. The number of hydrogen-bond acceptors (Lipinski definition) is 6. The standard InChI is InChI=1S/C24H20N2O4/c1-15(27)17-7-9-21-23(11-17)30-24(26-21)22-10-8-20(13-25-22)29-19-4-2-3-18(12-19)28-14-16-5-6-16/h2-4,7-13,16H,5-6,14H2,1H3. The summed E-state index contributed by atoms with van der Waals surface area (Å²) in [5.74, 6) is 3.18. The first-order valence-corrected chi connectivity index (χ1v) is 9.93. The molecule has 30 heavy (non-hydrogen) atoms. The third-order valence-corrected chi connectivity index (χ3v) is 4.97. The number of hydrogen-bond donors (Lipinski definition) is 0. The van der Waals surface area contributed by atoms with Crippen molar-refractivity contribution in [1.82, 2.24) is 9.97 Å². The van der Waals surface area contributed by atoms with Gasteiger partial charge in [0.2, 0.25) is 5.89 Å². The van der Waals surface area contributed by atoms with Crippen molar-refractivity contribution in [2.75, 3.05) is 6.61 Å². The lowest BCUT2D eigenvalue weighted by molar-refractivity contribution is 0.101. The van der Waals surface area contributed by atoms with Gasteiger partial charge < -0.3 is 13.9 Å². The van der Waals surface area contributed by atoms with Gasteiger partial charge in [-0.1, -0.05) is 6.07 Å². The van der Waals surface area contributed by atoms with Gasteiger partial charge in [-0.25, -0.2) is 9.97 Å². The Labute approximate surface area is 173 Å². The van der Waals surface area contributed by atoms with E-state index in [0.717, 1.165) is 12.4 Å². The molecule has 1 saturated carbocycles. The predicted molar refractivity (Wildman–Crippen MR) is 112 cm³/mol. The van der Waals surface area contributed by atoms with Crippen LogP contribution in [0.25, 0.3) is 22.7 Å². The van der Waals surface area contributed by atoms with Crippen molar-refractivity contribution in [3.63, 3.8) is 0 Å². The molecule has 6 heteroatoms. The van der Waals surface area contributed by atoms with Gasteiger partial charge in [0.25, 0.3) is 0 Å². The second-order valence-electron chi connectivity index (χ2n) is 7.47. The lowest BCUT2D eigenvalue weighted by Crippen LogP contribution is -1.98. The van der Waals surface area contributed by atoms with E-state index in [1.165, 1.54) is 19.8 Å². The van der Waals surface area contributed by atoms with E-state index in [1.54, 1.807) is 30.5 Å².